The van der Waals surface area contributed by atoms with E-state index in [9.17, 15) is 9.18 Å². The van der Waals surface area contributed by atoms with Crippen LogP contribution >= 0.6 is 0 Å². The van der Waals surface area contributed by atoms with Gasteiger partial charge in [0.05, 0.1) is 11.3 Å². The lowest BCUT2D eigenvalue weighted by Crippen LogP contribution is -2.11. The molecule has 1 heterocycles. The third-order valence-corrected chi connectivity index (χ3v) is 2.82. The van der Waals surface area contributed by atoms with Crippen LogP contribution in [0, 0.1) is 5.82 Å². The van der Waals surface area contributed by atoms with E-state index in [1.54, 1.807) is 6.07 Å². The minimum absolute atomic E-state index is 0.00764. The second-order valence-corrected chi connectivity index (χ2v) is 4.23. The lowest BCUT2D eigenvalue weighted by atomic mass is 10.1. The molecular weight excluding hydrogens is 261 g/mol. The predicted octanol–water partition coefficient (Wildman–Crippen LogP) is 2.16. The molecule has 104 valence electrons. The molecule has 20 heavy (non-hydrogen) atoms. The zero-order chi connectivity index (χ0) is 14.5. The maximum Gasteiger partial charge on any atom is 0.337 e. The van der Waals surface area contributed by atoms with Gasteiger partial charge in [-0.25, -0.2) is 14.2 Å². The first-order valence-corrected chi connectivity index (χ1v) is 6.04. The van der Waals surface area contributed by atoms with E-state index in [1.165, 1.54) is 24.4 Å². The number of carbonyl (C=O) groups is 1. The van der Waals surface area contributed by atoms with Crippen LogP contribution in [0.4, 0.5) is 15.9 Å². The molecule has 0 amide bonds. The number of carboxylic acids is 1. The summed E-state index contributed by atoms with van der Waals surface area (Å²) in [6.07, 6.45) is 1.96. The Labute approximate surface area is 115 Å². The standard InChI is InChI=1S/C14H14FN3O2/c15-10-3-1-2-9(8-10)4-6-17-13-12(16)11(14(19)20)5-7-18-13/h1-3,5,7-8H,4,6,16H2,(H,17,18)(H,19,20). The molecule has 0 bridgehead atoms. The molecule has 0 aliphatic rings. The van der Waals surface area contributed by atoms with Crippen molar-refractivity contribution < 1.29 is 14.3 Å². The molecule has 5 nitrogen and oxygen atoms in total. The van der Waals surface area contributed by atoms with Crippen LogP contribution in [-0.4, -0.2) is 22.6 Å². The molecular formula is C14H14FN3O2. The molecule has 1 aromatic heterocycles. The molecule has 0 aliphatic heterocycles. The number of halogens is 1. The lowest BCUT2D eigenvalue weighted by molar-refractivity contribution is 0.0698. The zero-order valence-electron chi connectivity index (χ0n) is 10.6. The Morgan fingerprint density at radius 3 is 2.90 bits per heavy atom. The van der Waals surface area contributed by atoms with Crippen molar-refractivity contribution in [3.63, 3.8) is 0 Å². The fourth-order valence-corrected chi connectivity index (χ4v) is 1.82. The Morgan fingerprint density at radius 2 is 2.20 bits per heavy atom. The minimum atomic E-state index is -1.10. The van der Waals surface area contributed by atoms with Gasteiger partial charge < -0.3 is 16.2 Å². The number of aromatic nitrogens is 1. The monoisotopic (exact) mass is 275 g/mol. The molecule has 0 aliphatic carbocycles. The smallest absolute Gasteiger partial charge is 0.337 e. The number of nitrogen functional groups attached to an aromatic ring is 1. The first kappa shape index (κ1) is 13.8. The highest BCUT2D eigenvalue weighted by atomic mass is 19.1. The number of nitrogens with two attached hydrogens (primary N) is 1. The summed E-state index contributed by atoms with van der Waals surface area (Å²) in [5.41, 5.74) is 6.66. The number of rotatable bonds is 5. The van der Waals surface area contributed by atoms with Crippen molar-refractivity contribution in [1.82, 2.24) is 4.98 Å². The van der Waals surface area contributed by atoms with Crippen molar-refractivity contribution >= 4 is 17.5 Å². The van der Waals surface area contributed by atoms with Crippen molar-refractivity contribution in [2.75, 3.05) is 17.6 Å². The summed E-state index contributed by atoms with van der Waals surface area (Å²) in [7, 11) is 0. The quantitative estimate of drug-likeness (QED) is 0.778. The van der Waals surface area contributed by atoms with Crippen LogP contribution in [0.2, 0.25) is 0 Å². The Balaban J connectivity index is 2.01. The van der Waals surface area contributed by atoms with Crippen LogP contribution in [0.15, 0.2) is 36.5 Å². The molecule has 1 aromatic carbocycles. The van der Waals surface area contributed by atoms with E-state index in [2.05, 4.69) is 10.3 Å². The topological polar surface area (TPSA) is 88.2 Å². The molecule has 2 aromatic rings. The van der Waals surface area contributed by atoms with Crippen molar-refractivity contribution in [2.24, 2.45) is 0 Å². The van der Waals surface area contributed by atoms with Crippen molar-refractivity contribution in [3.8, 4) is 0 Å². The average molecular weight is 275 g/mol. The summed E-state index contributed by atoms with van der Waals surface area (Å²) in [4.78, 5) is 14.9. The van der Waals surface area contributed by atoms with E-state index < -0.39 is 5.97 Å². The third kappa shape index (κ3) is 3.23. The highest BCUT2D eigenvalue weighted by Crippen LogP contribution is 2.19. The van der Waals surface area contributed by atoms with Gasteiger partial charge in [-0.15, -0.1) is 0 Å². The van der Waals surface area contributed by atoms with Gasteiger partial charge in [-0.2, -0.15) is 0 Å². The zero-order valence-corrected chi connectivity index (χ0v) is 10.6. The number of anilines is 2. The van der Waals surface area contributed by atoms with Gasteiger partial charge in [-0.1, -0.05) is 12.1 Å². The second kappa shape index (κ2) is 6.01. The molecule has 6 heteroatoms. The predicted molar refractivity (Wildman–Crippen MR) is 74.2 cm³/mol. The van der Waals surface area contributed by atoms with Gasteiger partial charge in [0.2, 0.25) is 0 Å². The molecule has 0 saturated heterocycles. The number of benzene rings is 1. The maximum atomic E-state index is 13.0. The van der Waals surface area contributed by atoms with Crippen molar-refractivity contribution in [1.29, 1.82) is 0 Å². The summed E-state index contributed by atoms with van der Waals surface area (Å²) in [6, 6.07) is 7.63. The Bertz CT molecular complexity index is 632. The fourth-order valence-electron chi connectivity index (χ4n) is 1.82. The summed E-state index contributed by atoms with van der Waals surface area (Å²) in [5, 5.41) is 11.9. The summed E-state index contributed by atoms with van der Waals surface area (Å²) in [6.45, 7) is 0.476. The van der Waals surface area contributed by atoms with E-state index in [0.717, 1.165) is 5.56 Å². The Morgan fingerprint density at radius 1 is 1.40 bits per heavy atom. The van der Waals surface area contributed by atoms with Gasteiger partial charge in [-0.3, -0.25) is 0 Å². The molecule has 2 rings (SSSR count). The van der Waals surface area contributed by atoms with E-state index in [0.29, 0.717) is 18.8 Å². The SMILES string of the molecule is Nc1c(C(=O)O)ccnc1NCCc1cccc(F)c1. The molecule has 0 unspecified atom stereocenters. The minimum Gasteiger partial charge on any atom is -0.478 e. The number of pyridine rings is 1. The molecule has 0 radical (unpaired) electrons. The average Bonchev–Trinajstić information content (AvgIpc) is 2.40. The normalized spacial score (nSPS) is 10.2. The molecule has 0 saturated carbocycles. The van der Waals surface area contributed by atoms with Crippen LogP contribution in [0.5, 0.6) is 0 Å². The Kier molecular flexibility index (Phi) is 4.14. The summed E-state index contributed by atoms with van der Waals surface area (Å²) in [5.74, 6) is -1.06. The van der Waals surface area contributed by atoms with Crippen LogP contribution in [0.25, 0.3) is 0 Å². The van der Waals surface area contributed by atoms with E-state index in [1.807, 2.05) is 6.07 Å². The molecule has 4 N–H and O–H groups in total. The van der Waals surface area contributed by atoms with Gasteiger partial charge in [0.1, 0.15) is 11.6 Å². The van der Waals surface area contributed by atoms with Crippen LogP contribution in [0.3, 0.4) is 0 Å². The van der Waals surface area contributed by atoms with Gasteiger partial charge in [0.25, 0.3) is 0 Å². The number of aromatic carboxylic acids is 1. The van der Waals surface area contributed by atoms with E-state index in [4.69, 9.17) is 10.8 Å². The molecule has 0 spiro atoms. The van der Waals surface area contributed by atoms with E-state index in [-0.39, 0.29) is 17.1 Å². The second-order valence-electron chi connectivity index (χ2n) is 4.23. The van der Waals surface area contributed by atoms with Crippen LogP contribution in [-0.2, 0) is 6.42 Å². The first-order valence-electron chi connectivity index (χ1n) is 6.04. The maximum absolute atomic E-state index is 13.0. The van der Waals surface area contributed by atoms with E-state index >= 15 is 0 Å². The number of carboxylic acid groups (broad SMARTS) is 1. The number of hydrogen-bond donors (Lipinski definition) is 3. The number of nitrogens with one attached hydrogen (secondary N) is 1. The summed E-state index contributed by atoms with van der Waals surface area (Å²) < 4.78 is 13.0. The van der Waals surface area contributed by atoms with Gasteiger partial charge >= 0.3 is 5.97 Å². The lowest BCUT2D eigenvalue weighted by Gasteiger charge is -2.10. The fraction of sp³-hybridized carbons (Fsp3) is 0.143. The van der Waals surface area contributed by atoms with Crippen molar-refractivity contribution in [2.45, 2.75) is 6.42 Å². The Hall–Kier alpha value is -2.63. The highest BCUT2D eigenvalue weighted by Gasteiger charge is 2.11. The number of nitrogens with zero attached hydrogens (tertiary/aromatic N) is 1. The van der Waals surface area contributed by atoms with Crippen LogP contribution < -0.4 is 11.1 Å². The molecule has 0 atom stereocenters. The third-order valence-electron chi connectivity index (χ3n) is 2.82. The van der Waals surface area contributed by atoms with Crippen molar-refractivity contribution in [3.05, 3.63) is 53.5 Å². The van der Waals surface area contributed by atoms with Gasteiger partial charge in [0.15, 0.2) is 0 Å². The largest absolute Gasteiger partial charge is 0.478 e. The number of hydrogen-bond acceptors (Lipinski definition) is 4. The highest BCUT2D eigenvalue weighted by molar-refractivity contribution is 5.96. The molecule has 0 fully saturated rings. The summed E-state index contributed by atoms with van der Waals surface area (Å²) >= 11 is 0. The van der Waals surface area contributed by atoms with Crippen LogP contribution in [0.1, 0.15) is 15.9 Å². The van der Waals surface area contributed by atoms with Gasteiger partial charge in [-0.05, 0) is 30.2 Å². The van der Waals surface area contributed by atoms with Gasteiger partial charge in [0, 0.05) is 12.7 Å². The first-order chi connectivity index (χ1) is 9.58.